The van der Waals surface area contributed by atoms with E-state index in [1.54, 1.807) is 18.3 Å². The molecule has 0 unspecified atom stereocenters. The standard InChI is InChI=1S/C19H17F3N4O5/c1-28-14-5-6-23-8-13(14)10-30-18(27)24-9-12-4-3-11(7-15(12)29-2)16-25-17(31-26-16)19(20,21)22/h3-8H,9-10H2,1-2H3,(H,24,27). The van der Waals surface area contributed by atoms with E-state index in [-0.39, 0.29) is 24.5 Å². The molecule has 1 N–H and O–H groups in total. The fraction of sp³-hybridized carbons (Fsp3) is 0.263. The fourth-order valence-corrected chi connectivity index (χ4v) is 2.57. The smallest absolute Gasteiger partial charge is 0.471 e. The second-order valence-corrected chi connectivity index (χ2v) is 6.06. The summed E-state index contributed by atoms with van der Waals surface area (Å²) in [6.45, 7) is 0.00475. The highest BCUT2D eigenvalue weighted by atomic mass is 19.4. The summed E-state index contributed by atoms with van der Waals surface area (Å²) in [6, 6.07) is 6.12. The van der Waals surface area contributed by atoms with Crippen LogP contribution in [-0.4, -0.2) is 35.4 Å². The highest BCUT2D eigenvalue weighted by molar-refractivity contribution is 5.67. The summed E-state index contributed by atoms with van der Waals surface area (Å²) in [5.74, 6) is -0.838. The predicted octanol–water partition coefficient (Wildman–Crippen LogP) is 3.59. The number of pyridine rings is 1. The number of methoxy groups -OCH3 is 2. The van der Waals surface area contributed by atoms with E-state index in [4.69, 9.17) is 14.2 Å². The molecule has 31 heavy (non-hydrogen) atoms. The van der Waals surface area contributed by atoms with Gasteiger partial charge in [-0.3, -0.25) is 4.98 Å². The van der Waals surface area contributed by atoms with Crippen LogP contribution >= 0.6 is 0 Å². The zero-order valence-corrected chi connectivity index (χ0v) is 16.4. The van der Waals surface area contributed by atoms with Crippen LogP contribution in [0.15, 0.2) is 41.2 Å². The topological polar surface area (TPSA) is 109 Å². The van der Waals surface area contributed by atoms with Crippen LogP contribution < -0.4 is 14.8 Å². The summed E-state index contributed by atoms with van der Waals surface area (Å²) in [7, 11) is 2.88. The van der Waals surface area contributed by atoms with Gasteiger partial charge in [0.25, 0.3) is 0 Å². The number of nitrogens with one attached hydrogen (secondary N) is 1. The number of benzene rings is 1. The minimum atomic E-state index is -4.74. The largest absolute Gasteiger partial charge is 0.496 e. The van der Waals surface area contributed by atoms with Gasteiger partial charge in [-0.15, -0.1) is 0 Å². The van der Waals surface area contributed by atoms with E-state index in [1.807, 2.05) is 0 Å². The van der Waals surface area contributed by atoms with Gasteiger partial charge in [-0.1, -0.05) is 17.3 Å². The molecule has 0 aliphatic carbocycles. The van der Waals surface area contributed by atoms with Crippen molar-refractivity contribution >= 4 is 6.09 Å². The van der Waals surface area contributed by atoms with E-state index in [0.717, 1.165) is 0 Å². The second kappa shape index (κ2) is 9.32. The summed E-state index contributed by atoms with van der Waals surface area (Å²) in [6.07, 6.45) is -2.35. The average Bonchev–Trinajstić information content (AvgIpc) is 3.27. The van der Waals surface area contributed by atoms with Gasteiger partial charge < -0.3 is 24.1 Å². The van der Waals surface area contributed by atoms with Gasteiger partial charge >= 0.3 is 18.2 Å². The molecule has 0 fully saturated rings. The van der Waals surface area contributed by atoms with E-state index in [0.29, 0.717) is 22.6 Å². The van der Waals surface area contributed by atoms with Crippen molar-refractivity contribution in [2.75, 3.05) is 14.2 Å². The minimum Gasteiger partial charge on any atom is -0.496 e. The Kier molecular flexibility index (Phi) is 6.58. The Labute approximate surface area is 174 Å². The SMILES string of the molecule is COc1cc(-c2noc(C(F)(F)F)n2)ccc1CNC(=O)OCc1cnccc1OC. The number of nitrogens with zero attached hydrogens (tertiary/aromatic N) is 3. The highest BCUT2D eigenvalue weighted by Gasteiger charge is 2.38. The molecule has 1 aromatic carbocycles. The molecule has 3 rings (SSSR count). The Bertz CT molecular complexity index is 1060. The lowest BCUT2D eigenvalue weighted by molar-refractivity contribution is -0.159. The maximum atomic E-state index is 12.6. The van der Waals surface area contributed by atoms with E-state index in [2.05, 4.69) is 25.0 Å². The van der Waals surface area contributed by atoms with Crippen molar-refractivity contribution in [2.24, 2.45) is 0 Å². The minimum absolute atomic E-state index is 0.0434. The van der Waals surface area contributed by atoms with Gasteiger partial charge in [-0.05, 0) is 12.1 Å². The van der Waals surface area contributed by atoms with Crippen molar-refractivity contribution in [3.8, 4) is 22.9 Å². The molecule has 2 aromatic heterocycles. The summed E-state index contributed by atoms with van der Waals surface area (Å²) < 4.78 is 57.7. The molecule has 0 aliphatic rings. The van der Waals surface area contributed by atoms with Crippen LogP contribution in [0.3, 0.4) is 0 Å². The second-order valence-electron chi connectivity index (χ2n) is 6.06. The summed E-state index contributed by atoms with van der Waals surface area (Å²) in [4.78, 5) is 19.3. The van der Waals surface area contributed by atoms with Gasteiger partial charge in [0.1, 0.15) is 18.1 Å². The predicted molar refractivity (Wildman–Crippen MR) is 99.1 cm³/mol. The number of rotatable bonds is 7. The summed E-state index contributed by atoms with van der Waals surface area (Å²) >= 11 is 0. The number of ether oxygens (including phenoxy) is 3. The highest BCUT2D eigenvalue weighted by Crippen LogP contribution is 2.31. The quantitative estimate of drug-likeness (QED) is 0.596. The van der Waals surface area contributed by atoms with Crippen molar-refractivity contribution in [1.29, 1.82) is 0 Å². The fourth-order valence-electron chi connectivity index (χ4n) is 2.57. The molecule has 0 atom stereocenters. The summed E-state index contributed by atoms with van der Waals surface area (Å²) in [5.41, 5.74) is 1.41. The Morgan fingerprint density at radius 2 is 1.90 bits per heavy atom. The van der Waals surface area contributed by atoms with E-state index in [1.165, 1.54) is 32.5 Å². The van der Waals surface area contributed by atoms with Crippen molar-refractivity contribution in [2.45, 2.75) is 19.3 Å². The lowest BCUT2D eigenvalue weighted by Gasteiger charge is -2.12. The van der Waals surface area contributed by atoms with Crippen LogP contribution in [0.2, 0.25) is 0 Å². The third kappa shape index (κ3) is 5.41. The zero-order valence-electron chi connectivity index (χ0n) is 16.4. The molecule has 164 valence electrons. The van der Waals surface area contributed by atoms with Gasteiger partial charge in [0.05, 0.1) is 14.2 Å². The van der Waals surface area contributed by atoms with E-state index >= 15 is 0 Å². The van der Waals surface area contributed by atoms with Gasteiger partial charge in [0, 0.05) is 35.6 Å². The maximum Gasteiger partial charge on any atom is 0.471 e. The Morgan fingerprint density at radius 3 is 2.58 bits per heavy atom. The third-order valence-corrected chi connectivity index (χ3v) is 4.07. The first kappa shape index (κ1) is 21.9. The summed E-state index contributed by atoms with van der Waals surface area (Å²) in [5, 5.41) is 5.90. The molecule has 0 saturated heterocycles. The molecular formula is C19H17F3N4O5. The molecule has 0 saturated carbocycles. The Hall–Kier alpha value is -3.83. The van der Waals surface area contributed by atoms with Crippen molar-refractivity contribution in [3.05, 3.63) is 53.7 Å². The number of hydrogen-bond acceptors (Lipinski definition) is 8. The van der Waals surface area contributed by atoms with Gasteiger partial charge in [0.15, 0.2) is 0 Å². The number of alkyl halides is 3. The number of carbonyl (C=O) groups is 1. The Balaban J connectivity index is 1.62. The van der Waals surface area contributed by atoms with Crippen LogP contribution in [0.5, 0.6) is 11.5 Å². The van der Waals surface area contributed by atoms with Crippen LogP contribution in [0.4, 0.5) is 18.0 Å². The molecule has 0 spiro atoms. The first-order valence-corrected chi connectivity index (χ1v) is 8.77. The molecule has 0 radical (unpaired) electrons. The first-order chi connectivity index (χ1) is 14.8. The zero-order chi connectivity index (χ0) is 22.4. The molecular weight excluding hydrogens is 421 g/mol. The number of alkyl carbamates (subject to hydrolysis) is 1. The lowest BCUT2D eigenvalue weighted by atomic mass is 10.1. The normalized spacial score (nSPS) is 11.1. The number of aromatic nitrogens is 3. The molecule has 1 amide bonds. The number of halogens is 3. The van der Waals surface area contributed by atoms with Crippen LogP contribution in [0.1, 0.15) is 17.0 Å². The van der Waals surface area contributed by atoms with Crippen LogP contribution in [-0.2, 0) is 24.1 Å². The monoisotopic (exact) mass is 438 g/mol. The molecule has 12 heteroatoms. The molecule has 0 bridgehead atoms. The lowest BCUT2D eigenvalue weighted by Crippen LogP contribution is -2.24. The molecule has 0 aliphatic heterocycles. The molecule has 2 heterocycles. The van der Waals surface area contributed by atoms with E-state index in [9.17, 15) is 18.0 Å². The average molecular weight is 438 g/mol. The van der Waals surface area contributed by atoms with Crippen LogP contribution in [0, 0.1) is 0 Å². The van der Waals surface area contributed by atoms with Gasteiger partial charge in [0.2, 0.25) is 5.82 Å². The van der Waals surface area contributed by atoms with Crippen molar-refractivity contribution in [1.82, 2.24) is 20.4 Å². The van der Waals surface area contributed by atoms with Gasteiger partial charge in [-0.2, -0.15) is 18.2 Å². The first-order valence-electron chi connectivity index (χ1n) is 8.77. The number of amides is 1. The number of hydrogen-bond donors (Lipinski definition) is 1. The molecule has 9 nitrogen and oxygen atoms in total. The van der Waals surface area contributed by atoms with E-state index < -0.39 is 18.2 Å². The van der Waals surface area contributed by atoms with Crippen molar-refractivity contribution in [3.63, 3.8) is 0 Å². The van der Waals surface area contributed by atoms with Gasteiger partial charge in [-0.25, -0.2) is 4.79 Å². The number of carbonyl (C=O) groups excluding carboxylic acids is 1. The Morgan fingerprint density at radius 1 is 1.13 bits per heavy atom. The third-order valence-electron chi connectivity index (χ3n) is 4.07. The van der Waals surface area contributed by atoms with Crippen LogP contribution in [0.25, 0.3) is 11.4 Å². The van der Waals surface area contributed by atoms with Crippen molar-refractivity contribution < 1.29 is 36.7 Å². The molecule has 3 aromatic rings. The maximum absolute atomic E-state index is 12.6.